The van der Waals surface area contributed by atoms with Gasteiger partial charge in [0, 0.05) is 62.6 Å². The first-order valence-electron chi connectivity index (χ1n) is 14.9. The van der Waals surface area contributed by atoms with E-state index in [1.165, 1.54) is 11.9 Å². The fourth-order valence-corrected chi connectivity index (χ4v) is 6.26. The molecule has 5 atom stereocenters. The normalized spacial score (nSPS) is 30.6. The molecule has 9 nitrogen and oxygen atoms in total. The maximum Gasteiger partial charge on any atom is 0.272 e. The van der Waals surface area contributed by atoms with Crippen LogP contribution in [0.4, 0.5) is 0 Å². The molecule has 0 aromatic heterocycles. The lowest BCUT2D eigenvalue weighted by molar-refractivity contribution is -0.128. The van der Waals surface area contributed by atoms with Gasteiger partial charge in [0.1, 0.15) is 5.70 Å². The molecule has 3 fully saturated rings. The van der Waals surface area contributed by atoms with Crippen molar-refractivity contribution in [1.29, 1.82) is 0 Å². The minimum atomic E-state index is -0.108. The van der Waals surface area contributed by atoms with E-state index < -0.39 is 0 Å². The molecule has 0 radical (unpaired) electrons. The van der Waals surface area contributed by atoms with Gasteiger partial charge in [-0.1, -0.05) is 30.4 Å². The highest BCUT2D eigenvalue weighted by molar-refractivity contribution is 5.95. The minimum absolute atomic E-state index is 0.0679. The Balaban J connectivity index is 1.28. The van der Waals surface area contributed by atoms with Crippen LogP contribution in [0.3, 0.4) is 0 Å². The van der Waals surface area contributed by atoms with E-state index in [1.807, 2.05) is 11.8 Å². The Morgan fingerprint density at radius 1 is 1.27 bits per heavy atom. The van der Waals surface area contributed by atoms with Crippen molar-refractivity contribution in [3.8, 4) is 0 Å². The molecule has 222 valence electrons. The number of nitrogens with zero attached hydrogens (tertiary/aromatic N) is 2. The summed E-state index contributed by atoms with van der Waals surface area (Å²) in [5.41, 5.74) is 8.80. The number of hydrogen-bond donors (Lipinski definition) is 3. The van der Waals surface area contributed by atoms with Crippen LogP contribution < -0.4 is 16.4 Å². The number of likely N-dealkylation sites (tertiary alicyclic amines) is 1. The van der Waals surface area contributed by atoms with Gasteiger partial charge in [-0.25, -0.2) is 4.99 Å². The van der Waals surface area contributed by atoms with Crippen molar-refractivity contribution < 1.29 is 19.0 Å². The third-order valence-corrected chi connectivity index (χ3v) is 8.75. The molecule has 0 saturated carbocycles. The van der Waals surface area contributed by atoms with Crippen molar-refractivity contribution in [3.63, 3.8) is 0 Å². The number of nitrogens with one attached hydrogen (secondary N) is 2. The summed E-state index contributed by atoms with van der Waals surface area (Å²) >= 11 is 0. The highest BCUT2D eigenvalue weighted by Gasteiger charge is 2.32. The van der Waals surface area contributed by atoms with Gasteiger partial charge >= 0.3 is 0 Å². The fourth-order valence-electron chi connectivity index (χ4n) is 6.26. The summed E-state index contributed by atoms with van der Waals surface area (Å²) in [5.74, 6) is 0.334. The smallest absolute Gasteiger partial charge is 0.272 e. The molecule has 4 aliphatic rings. The molecule has 3 heterocycles. The predicted molar refractivity (Wildman–Crippen MR) is 159 cm³/mol. The molecule has 3 aliphatic heterocycles. The zero-order valence-electron chi connectivity index (χ0n) is 24.6. The highest BCUT2D eigenvalue weighted by atomic mass is 16.5. The Bertz CT molecular complexity index is 998. The van der Waals surface area contributed by atoms with E-state index in [9.17, 15) is 4.79 Å². The number of allylic oxidation sites excluding steroid dienone is 4. The monoisotopic (exact) mass is 555 g/mol. The summed E-state index contributed by atoms with van der Waals surface area (Å²) in [7, 11) is 1.73. The van der Waals surface area contributed by atoms with Crippen molar-refractivity contribution in [2.24, 2.45) is 16.6 Å². The van der Waals surface area contributed by atoms with Crippen LogP contribution in [-0.2, 0) is 19.0 Å². The average Bonchev–Trinajstić information content (AvgIpc) is 2.99. The largest absolute Gasteiger partial charge is 0.390 e. The fraction of sp³-hybridized carbons (Fsp3) is 0.677. The zero-order valence-corrected chi connectivity index (χ0v) is 24.6. The topological polar surface area (TPSA) is 110 Å². The summed E-state index contributed by atoms with van der Waals surface area (Å²) in [4.78, 5) is 19.7. The molecule has 1 unspecified atom stereocenters. The second-order valence-corrected chi connectivity index (χ2v) is 11.6. The van der Waals surface area contributed by atoms with Crippen LogP contribution in [0.5, 0.6) is 0 Å². The number of rotatable bonds is 10. The van der Waals surface area contributed by atoms with Gasteiger partial charge in [0.15, 0.2) is 0 Å². The van der Waals surface area contributed by atoms with Crippen LogP contribution in [0.25, 0.3) is 0 Å². The Kier molecular flexibility index (Phi) is 11.4. The van der Waals surface area contributed by atoms with Crippen LogP contribution in [0, 0.1) is 5.92 Å². The van der Waals surface area contributed by atoms with Crippen molar-refractivity contribution >= 4 is 12.2 Å². The summed E-state index contributed by atoms with van der Waals surface area (Å²) in [5, 5.41) is 7.16. The van der Waals surface area contributed by atoms with E-state index in [4.69, 9.17) is 19.9 Å². The van der Waals surface area contributed by atoms with Gasteiger partial charge in [-0.2, -0.15) is 0 Å². The molecule has 40 heavy (non-hydrogen) atoms. The van der Waals surface area contributed by atoms with E-state index in [0.29, 0.717) is 55.2 Å². The molecule has 9 heteroatoms. The third kappa shape index (κ3) is 8.06. The van der Waals surface area contributed by atoms with Crippen molar-refractivity contribution in [1.82, 2.24) is 15.5 Å². The first kappa shape index (κ1) is 30.5. The lowest BCUT2D eigenvalue weighted by atomic mass is 9.86. The van der Waals surface area contributed by atoms with Crippen molar-refractivity contribution in [3.05, 3.63) is 47.3 Å². The number of nitrogens with two attached hydrogens (primary N) is 1. The summed E-state index contributed by atoms with van der Waals surface area (Å²) < 4.78 is 17.6. The second kappa shape index (κ2) is 15.0. The van der Waals surface area contributed by atoms with Crippen LogP contribution >= 0.6 is 0 Å². The molecular weight excluding hydrogens is 506 g/mol. The van der Waals surface area contributed by atoms with Crippen LogP contribution in [0.15, 0.2) is 52.3 Å². The van der Waals surface area contributed by atoms with E-state index >= 15 is 0 Å². The Labute approximate surface area is 240 Å². The van der Waals surface area contributed by atoms with Gasteiger partial charge < -0.3 is 35.5 Å². The zero-order chi connectivity index (χ0) is 28.5. The predicted octanol–water partition coefficient (Wildman–Crippen LogP) is 3.20. The maximum atomic E-state index is 13.5. The number of amides is 1. The van der Waals surface area contributed by atoms with E-state index in [1.54, 1.807) is 7.11 Å². The molecule has 0 aromatic rings. The average molecular weight is 556 g/mol. The number of carbonyl (C=O) groups is 1. The first-order chi connectivity index (χ1) is 19.4. The summed E-state index contributed by atoms with van der Waals surface area (Å²) in [6, 6.07) is 0.625. The quantitative estimate of drug-likeness (QED) is 0.164. The number of hydrogen-bond acceptors (Lipinski definition) is 7. The molecular formula is C31H49N5O4. The van der Waals surface area contributed by atoms with Crippen molar-refractivity contribution in [2.75, 3.05) is 40.0 Å². The maximum absolute atomic E-state index is 13.5. The van der Waals surface area contributed by atoms with Crippen LogP contribution in [-0.4, -0.2) is 87.5 Å². The van der Waals surface area contributed by atoms with Crippen LogP contribution in [0.1, 0.15) is 58.8 Å². The molecule has 0 bridgehead atoms. The summed E-state index contributed by atoms with van der Waals surface area (Å²) in [6.45, 7) is 11.6. The standard InChI is InChI=1S/C31H49N5O4/c1-21-7-5-8-24(17-21)28-10-6-9-26(40-28)18-33-23(3)22(2)30(34-20-32)31(37)36-14-11-25(12-15-36)35-27-13-16-39-19-29(27)38-4/h5,7-8,20,24-29,33,35H,3,6,9-19H2,1-2,4H3,(H2,32,34)/b30-22-/t24?,26-,27-,28+,29+/m1/s1. The first-order valence-corrected chi connectivity index (χ1v) is 14.9. The molecule has 4 N–H and O–H groups in total. The molecule has 3 saturated heterocycles. The number of methoxy groups -OCH3 is 1. The number of carbonyl (C=O) groups excluding carboxylic acids is 1. The van der Waals surface area contributed by atoms with Gasteiger partial charge in [0.2, 0.25) is 0 Å². The Morgan fingerprint density at radius 3 is 2.80 bits per heavy atom. The van der Waals surface area contributed by atoms with Gasteiger partial charge in [0.25, 0.3) is 5.91 Å². The third-order valence-electron chi connectivity index (χ3n) is 8.75. The lowest BCUT2D eigenvalue weighted by Gasteiger charge is -2.38. The van der Waals surface area contributed by atoms with Gasteiger partial charge in [0.05, 0.1) is 31.3 Å². The van der Waals surface area contributed by atoms with Gasteiger partial charge in [-0.05, 0) is 58.8 Å². The van der Waals surface area contributed by atoms with E-state index in [0.717, 1.165) is 51.6 Å². The second-order valence-electron chi connectivity index (χ2n) is 11.6. The number of ether oxygens (including phenoxy) is 3. The minimum Gasteiger partial charge on any atom is -0.390 e. The Morgan fingerprint density at radius 2 is 2.08 bits per heavy atom. The highest BCUT2D eigenvalue weighted by Crippen LogP contribution is 2.31. The summed E-state index contributed by atoms with van der Waals surface area (Å²) in [6.07, 6.45) is 15.2. The van der Waals surface area contributed by atoms with Crippen molar-refractivity contribution in [2.45, 2.75) is 89.2 Å². The van der Waals surface area contributed by atoms with E-state index in [-0.39, 0.29) is 30.3 Å². The van der Waals surface area contributed by atoms with Gasteiger partial charge in [-0.3, -0.25) is 4.79 Å². The van der Waals surface area contributed by atoms with Crippen LogP contribution in [0.2, 0.25) is 0 Å². The van der Waals surface area contributed by atoms with E-state index in [2.05, 4.69) is 47.4 Å². The lowest BCUT2D eigenvalue weighted by Crippen LogP contribution is -2.54. The molecule has 1 amide bonds. The molecule has 0 aromatic carbocycles. The molecule has 1 aliphatic carbocycles. The number of aliphatic imine (C=N–C) groups is 1. The SMILES string of the molecule is C=C(NC[C@H]1CCC[C@@H](C2C=CC=C(C)C2)O1)/C(C)=C(\N=CN)C(=O)N1CCC(N[C@@H]2CCOC[C@@H]2OC)CC1. The molecule has 0 spiro atoms. The Hall–Kier alpha value is -2.46. The number of piperidine rings is 1. The molecule has 4 rings (SSSR count). The van der Waals surface area contributed by atoms with Gasteiger partial charge in [-0.15, -0.1) is 0 Å².